The summed E-state index contributed by atoms with van der Waals surface area (Å²) in [6, 6.07) is 79.6. The zero-order valence-corrected chi connectivity index (χ0v) is 30.1. The predicted octanol–water partition coefficient (Wildman–Crippen LogP) is 12.6. The first-order valence-corrected chi connectivity index (χ1v) is 18.2. The molecular weight excluding hydrogens is 653 g/mol. The highest BCUT2D eigenvalue weighted by molar-refractivity contribution is 6.05. The highest BCUT2D eigenvalue weighted by Crippen LogP contribution is 2.38. The van der Waals surface area contributed by atoms with Crippen LogP contribution in [-0.2, 0) is 0 Å². The molecule has 54 heavy (non-hydrogen) atoms. The maximum Gasteiger partial charge on any atom is 0.0314 e. The molecule has 260 valence electrons. The van der Waals surface area contributed by atoms with E-state index in [1.54, 1.807) is 0 Å². The molecule has 4 N–H and O–H groups in total. The number of benzene rings is 8. The zero-order chi connectivity index (χ0) is 37.0. The van der Waals surface area contributed by atoms with Crippen molar-refractivity contribution in [3.63, 3.8) is 0 Å². The molecule has 2 heteroatoms. The summed E-state index contributed by atoms with van der Waals surface area (Å²) in [7, 11) is 0. The van der Waals surface area contributed by atoms with E-state index in [0.717, 1.165) is 22.5 Å². The molecule has 0 heterocycles. The Bertz CT molecular complexity index is 2160. The molecule has 0 amide bonds. The van der Waals surface area contributed by atoms with Crippen LogP contribution in [0.15, 0.2) is 231 Å². The van der Waals surface area contributed by atoms with Crippen LogP contribution in [0.25, 0.3) is 22.3 Å². The molecule has 0 aliphatic rings. The van der Waals surface area contributed by atoms with Crippen LogP contribution in [0.2, 0.25) is 0 Å². The van der Waals surface area contributed by atoms with E-state index in [9.17, 15) is 0 Å². The number of nitrogen functional groups attached to an aromatic ring is 2. The van der Waals surface area contributed by atoms with Crippen LogP contribution < -0.4 is 11.5 Å². The number of hydrogen-bond acceptors (Lipinski definition) is 2. The lowest BCUT2D eigenvalue weighted by Crippen LogP contribution is -1.97. The zero-order valence-electron chi connectivity index (χ0n) is 30.1. The molecule has 8 aromatic rings. The normalized spacial score (nSPS) is 10.4. The summed E-state index contributed by atoms with van der Waals surface area (Å²) in [5, 5.41) is 0. The van der Waals surface area contributed by atoms with Gasteiger partial charge in [-0.15, -0.1) is 0 Å². The Morgan fingerprint density at radius 1 is 0.185 bits per heavy atom. The van der Waals surface area contributed by atoms with Gasteiger partial charge in [0.05, 0.1) is 0 Å². The Balaban J connectivity index is 0.000000167. The second-order valence-corrected chi connectivity index (χ2v) is 12.9. The highest BCUT2D eigenvalue weighted by Gasteiger charge is 2.17. The van der Waals surface area contributed by atoms with Crippen LogP contribution in [0.1, 0.15) is 44.5 Å². The Hall–Kier alpha value is -7.16. The van der Waals surface area contributed by atoms with Gasteiger partial charge in [-0.25, -0.2) is 0 Å². The summed E-state index contributed by atoms with van der Waals surface area (Å²) in [5.41, 5.74) is 27.7. The fourth-order valence-corrected chi connectivity index (χ4v) is 6.75. The van der Waals surface area contributed by atoms with Crippen LogP contribution in [0.5, 0.6) is 0 Å². The van der Waals surface area contributed by atoms with Gasteiger partial charge in [-0.3, -0.25) is 0 Å². The van der Waals surface area contributed by atoms with Gasteiger partial charge in [0.15, 0.2) is 0 Å². The van der Waals surface area contributed by atoms with Crippen LogP contribution in [-0.4, -0.2) is 0 Å². The SMILES string of the molecule is Nc1ccc(C(=C(c2ccccc2)c2ccccc2)c2ccccc2)cc1.Nc1ccc(C(=C(c2ccccc2)c2ccccc2)c2ccccc2)cc1. The molecule has 0 aliphatic heterocycles. The van der Waals surface area contributed by atoms with Crippen molar-refractivity contribution in [1.82, 2.24) is 0 Å². The molecule has 0 aromatic heterocycles. The fourth-order valence-electron chi connectivity index (χ4n) is 6.75. The quantitative estimate of drug-likeness (QED) is 0.123. The second-order valence-electron chi connectivity index (χ2n) is 12.9. The summed E-state index contributed by atoms with van der Waals surface area (Å²) in [5.74, 6) is 0. The molecule has 8 rings (SSSR count). The van der Waals surface area contributed by atoms with E-state index in [1.807, 2.05) is 24.3 Å². The third-order valence-corrected chi connectivity index (χ3v) is 9.27. The molecule has 0 atom stereocenters. The number of hydrogen-bond donors (Lipinski definition) is 2. The summed E-state index contributed by atoms with van der Waals surface area (Å²) in [4.78, 5) is 0. The maximum absolute atomic E-state index is 5.95. The van der Waals surface area contributed by atoms with E-state index in [0.29, 0.717) is 0 Å². The van der Waals surface area contributed by atoms with Crippen molar-refractivity contribution >= 4 is 33.7 Å². The first-order chi connectivity index (χ1) is 26.7. The second kappa shape index (κ2) is 17.4. The van der Waals surface area contributed by atoms with E-state index in [-0.39, 0.29) is 0 Å². The summed E-state index contributed by atoms with van der Waals surface area (Å²) in [6.07, 6.45) is 0. The molecular formula is C52H42N2. The lowest BCUT2D eigenvalue weighted by atomic mass is 9.86. The Labute approximate surface area is 319 Å². The van der Waals surface area contributed by atoms with Crippen LogP contribution in [0, 0.1) is 0 Å². The summed E-state index contributed by atoms with van der Waals surface area (Å²) in [6.45, 7) is 0. The van der Waals surface area contributed by atoms with Crippen LogP contribution in [0.4, 0.5) is 11.4 Å². The first-order valence-electron chi connectivity index (χ1n) is 18.2. The molecule has 0 saturated carbocycles. The van der Waals surface area contributed by atoms with E-state index >= 15 is 0 Å². The van der Waals surface area contributed by atoms with Crippen molar-refractivity contribution < 1.29 is 0 Å². The van der Waals surface area contributed by atoms with Gasteiger partial charge in [0, 0.05) is 11.4 Å². The molecule has 0 saturated heterocycles. The molecule has 0 radical (unpaired) electrons. The van der Waals surface area contributed by atoms with Crippen molar-refractivity contribution in [2.24, 2.45) is 0 Å². The average molecular weight is 695 g/mol. The Morgan fingerprint density at radius 2 is 0.333 bits per heavy atom. The molecule has 0 bridgehead atoms. The van der Waals surface area contributed by atoms with Gasteiger partial charge < -0.3 is 11.5 Å². The van der Waals surface area contributed by atoms with Crippen LogP contribution in [0.3, 0.4) is 0 Å². The van der Waals surface area contributed by atoms with Gasteiger partial charge in [0.2, 0.25) is 0 Å². The largest absolute Gasteiger partial charge is 0.399 e. The Kier molecular flexibility index (Phi) is 11.3. The minimum Gasteiger partial charge on any atom is -0.399 e. The molecule has 0 spiro atoms. The third kappa shape index (κ3) is 8.48. The van der Waals surface area contributed by atoms with Crippen molar-refractivity contribution in [3.05, 3.63) is 275 Å². The van der Waals surface area contributed by atoms with Gasteiger partial charge >= 0.3 is 0 Å². The van der Waals surface area contributed by atoms with Crippen molar-refractivity contribution in [2.75, 3.05) is 11.5 Å². The molecule has 0 fully saturated rings. The van der Waals surface area contributed by atoms with Gasteiger partial charge in [0.1, 0.15) is 0 Å². The van der Waals surface area contributed by atoms with Crippen LogP contribution >= 0.6 is 0 Å². The molecule has 0 unspecified atom stereocenters. The van der Waals surface area contributed by atoms with E-state index in [4.69, 9.17) is 11.5 Å². The fraction of sp³-hybridized carbons (Fsp3) is 0. The number of rotatable bonds is 8. The van der Waals surface area contributed by atoms with Gasteiger partial charge in [-0.2, -0.15) is 0 Å². The topological polar surface area (TPSA) is 52.0 Å². The predicted molar refractivity (Wildman–Crippen MR) is 230 cm³/mol. The van der Waals surface area contributed by atoms with Crippen molar-refractivity contribution in [3.8, 4) is 0 Å². The summed E-state index contributed by atoms with van der Waals surface area (Å²) < 4.78 is 0. The van der Waals surface area contributed by atoms with Gasteiger partial charge in [-0.05, 0) is 91.1 Å². The first kappa shape index (κ1) is 35.3. The lowest BCUT2D eigenvalue weighted by molar-refractivity contribution is 1.50. The van der Waals surface area contributed by atoms with Gasteiger partial charge in [0.25, 0.3) is 0 Å². The average Bonchev–Trinajstić information content (AvgIpc) is 3.25. The maximum atomic E-state index is 5.95. The molecule has 8 aromatic carbocycles. The standard InChI is InChI=1S/2C26H21N/c2*27-24-18-16-23(17-19-24)26(22-14-8-3-9-15-22)25(20-10-4-1-5-11-20)21-12-6-2-7-13-21/h2*1-19H,27H2. The van der Waals surface area contributed by atoms with E-state index in [1.165, 1.54) is 55.7 Å². The summed E-state index contributed by atoms with van der Waals surface area (Å²) >= 11 is 0. The smallest absolute Gasteiger partial charge is 0.0314 e. The minimum absolute atomic E-state index is 0.770. The monoisotopic (exact) mass is 694 g/mol. The van der Waals surface area contributed by atoms with E-state index < -0.39 is 0 Å². The lowest BCUT2D eigenvalue weighted by Gasteiger charge is -2.18. The number of nitrogens with two attached hydrogens (primary N) is 2. The highest BCUT2D eigenvalue weighted by atomic mass is 14.5. The van der Waals surface area contributed by atoms with Gasteiger partial charge in [-0.1, -0.05) is 206 Å². The third-order valence-electron chi connectivity index (χ3n) is 9.27. The van der Waals surface area contributed by atoms with Crippen molar-refractivity contribution in [1.29, 1.82) is 0 Å². The van der Waals surface area contributed by atoms with Crippen molar-refractivity contribution in [2.45, 2.75) is 0 Å². The molecule has 0 aliphatic carbocycles. The number of anilines is 2. The molecule has 2 nitrogen and oxygen atoms in total. The van der Waals surface area contributed by atoms with E-state index in [2.05, 4.69) is 206 Å². The Morgan fingerprint density at radius 3 is 0.500 bits per heavy atom. The minimum atomic E-state index is 0.770.